The SMILES string of the molecule is CCOC(=O)Cn1c(=O)/c(=C\c2ccc3c(c2)C2CCCC2N3c2ccc(OC)cc2)s/c1=C1/SC(=S)N(C)C1=O. The lowest BCUT2D eigenvalue weighted by atomic mass is 9.96. The van der Waals surface area contributed by atoms with E-state index in [1.54, 1.807) is 21.1 Å². The molecule has 0 radical (unpaired) electrons. The number of thiocarbonyl (C=S) groups is 1. The summed E-state index contributed by atoms with van der Waals surface area (Å²) in [5.41, 5.74) is 4.18. The molecular formula is C30H29N3O5S3. The lowest BCUT2D eigenvalue weighted by molar-refractivity contribution is -0.143. The Morgan fingerprint density at radius 1 is 1.15 bits per heavy atom. The zero-order valence-corrected chi connectivity index (χ0v) is 25.4. The van der Waals surface area contributed by atoms with Crippen molar-refractivity contribution in [3.8, 4) is 5.75 Å². The summed E-state index contributed by atoms with van der Waals surface area (Å²) >= 11 is 7.65. The number of anilines is 2. The summed E-state index contributed by atoms with van der Waals surface area (Å²) in [6.45, 7) is 1.64. The van der Waals surface area contributed by atoms with E-state index in [9.17, 15) is 14.4 Å². The first-order valence-electron chi connectivity index (χ1n) is 13.5. The molecule has 212 valence electrons. The van der Waals surface area contributed by atoms with Gasteiger partial charge in [-0.3, -0.25) is 23.9 Å². The number of benzene rings is 2. The summed E-state index contributed by atoms with van der Waals surface area (Å²) in [4.78, 5) is 43.1. The van der Waals surface area contributed by atoms with Crippen LogP contribution in [0.25, 0.3) is 11.0 Å². The van der Waals surface area contributed by atoms with Crippen LogP contribution in [0.3, 0.4) is 0 Å². The highest BCUT2D eigenvalue weighted by molar-refractivity contribution is 8.30. The van der Waals surface area contributed by atoms with Gasteiger partial charge in [0.05, 0.1) is 18.2 Å². The second-order valence-corrected chi connectivity index (χ2v) is 12.8. The van der Waals surface area contributed by atoms with Crippen LogP contribution in [0.15, 0.2) is 47.3 Å². The Labute approximate surface area is 250 Å². The number of amides is 1. The maximum Gasteiger partial charge on any atom is 0.326 e. The molecule has 0 bridgehead atoms. The maximum atomic E-state index is 13.6. The largest absolute Gasteiger partial charge is 0.497 e. The Morgan fingerprint density at radius 2 is 1.93 bits per heavy atom. The lowest BCUT2D eigenvalue weighted by Crippen LogP contribution is -2.35. The summed E-state index contributed by atoms with van der Waals surface area (Å²) < 4.78 is 13.1. The lowest BCUT2D eigenvalue weighted by Gasteiger charge is -2.27. The molecule has 1 saturated carbocycles. The number of aromatic nitrogens is 1. The van der Waals surface area contributed by atoms with Crippen LogP contribution in [0.5, 0.6) is 5.75 Å². The van der Waals surface area contributed by atoms with Crippen molar-refractivity contribution in [2.75, 3.05) is 25.7 Å². The molecule has 2 aromatic carbocycles. The van der Waals surface area contributed by atoms with Crippen molar-refractivity contribution in [1.29, 1.82) is 0 Å². The van der Waals surface area contributed by atoms with Crippen LogP contribution in [0.2, 0.25) is 0 Å². The molecular weight excluding hydrogens is 579 g/mol. The summed E-state index contributed by atoms with van der Waals surface area (Å²) in [6.07, 6.45) is 5.26. The van der Waals surface area contributed by atoms with Gasteiger partial charge in [0.2, 0.25) is 0 Å². The zero-order chi connectivity index (χ0) is 28.8. The van der Waals surface area contributed by atoms with Crippen molar-refractivity contribution in [3.05, 3.63) is 73.1 Å². The van der Waals surface area contributed by atoms with Crippen molar-refractivity contribution in [2.24, 2.45) is 0 Å². The van der Waals surface area contributed by atoms with Gasteiger partial charge >= 0.3 is 5.97 Å². The van der Waals surface area contributed by atoms with Gasteiger partial charge in [0, 0.05) is 30.4 Å². The normalized spacial score (nSPS) is 21.5. The van der Waals surface area contributed by atoms with Crippen LogP contribution in [0.1, 0.15) is 43.2 Å². The Bertz CT molecular complexity index is 1740. The maximum absolute atomic E-state index is 13.6. The molecule has 2 fully saturated rings. The molecule has 0 spiro atoms. The number of thiazole rings is 1. The van der Waals surface area contributed by atoms with E-state index >= 15 is 0 Å². The molecule has 3 heterocycles. The molecule has 2 aliphatic heterocycles. The number of ether oxygens (including phenoxy) is 2. The van der Waals surface area contributed by atoms with Gasteiger partial charge < -0.3 is 14.4 Å². The Hall–Kier alpha value is -3.41. The quantitative estimate of drug-likeness (QED) is 0.310. The Kier molecular flexibility index (Phi) is 7.52. The van der Waals surface area contributed by atoms with Gasteiger partial charge in [-0.05, 0) is 73.4 Å². The third-order valence-electron chi connectivity index (χ3n) is 7.83. The number of carbonyl (C=O) groups is 2. The number of esters is 1. The predicted molar refractivity (Wildman–Crippen MR) is 166 cm³/mol. The molecule has 8 nitrogen and oxygen atoms in total. The average molecular weight is 608 g/mol. The van der Waals surface area contributed by atoms with Crippen molar-refractivity contribution < 1.29 is 19.1 Å². The molecule has 3 aromatic rings. The first kappa shape index (κ1) is 27.7. The molecule has 2 atom stereocenters. The number of hydrogen-bond donors (Lipinski definition) is 0. The van der Waals surface area contributed by atoms with Crippen LogP contribution < -0.4 is 24.4 Å². The van der Waals surface area contributed by atoms with Crippen LogP contribution in [0.4, 0.5) is 11.4 Å². The van der Waals surface area contributed by atoms with Crippen LogP contribution >= 0.6 is 35.3 Å². The molecule has 41 heavy (non-hydrogen) atoms. The fourth-order valence-electron chi connectivity index (χ4n) is 5.93. The zero-order valence-electron chi connectivity index (χ0n) is 22.9. The van der Waals surface area contributed by atoms with Crippen molar-refractivity contribution >= 4 is 73.9 Å². The van der Waals surface area contributed by atoms with E-state index in [0.29, 0.717) is 30.4 Å². The predicted octanol–water partition coefficient (Wildman–Crippen LogP) is 3.70. The third kappa shape index (κ3) is 4.89. The number of rotatable bonds is 6. The molecule has 1 aromatic heterocycles. The van der Waals surface area contributed by atoms with E-state index < -0.39 is 5.97 Å². The minimum atomic E-state index is -0.532. The van der Waals surface area contributed by atoms with E-state index in [1.807, 2.05) is 24.3 Å². The number of thioether (sulfide) groups is 1. The first-order valence-corrected chi connectivity index (χ1v) is 15.5. The smallest absolute Gasteiger partial charge is 0.326 e. The van der Waals surface area contributed by atoms with Gasteiger partial charge in [0.15, 0.2) is 0 Å². The average Bonchev–Trinajstić information content (AvgIpc) is 3.70. The number of fused-ring (bicyclic) bond motifs is 3. The third-order valence-corrected chi connectivity index (χ3v) is 10.6. The van der Waals surface area contributed by atoms with Gasteiger partial charge in [-0.25, -0.2) is 0 Å². The van der Waals surface area contributed by atoms with Gasteiger partial charge in [-0.2, -0.15) is 0 Å². The highest BCUT2D eigenvalue weighted by Gasteiger charge is 2.42. The van der Waals surface area contributed by atoms with Crippen molar-refractivity contribution in [3.63, 3.8) is 0 Å². The fourth-order valence-corrected chi connectivity index (χ4v) is 8.37. The van der Waals surface area contributed by atoms with Gasteiger partial charge in [-0.1, -0.05) is 36.5 Å². The first-order chi connectivity index (χ1) is 19.8. The van der Waals surface area contributed by atoms with E-state index in [4.69, 9.17) is 21.7 Å². The summed E-state index contributed by atoms with van der Waals surface area (Å²) in [5.74, 6) is 0.429. The van der Waals surface area contributed by atoms with Crippen molar-refractivity contribution in [2.45, 2.75) is 44.7 Å². The molecule has 11 heteroatoms. The molecule has 0 N–H and O–H groups in total. The van der Waals surface area contributed by atoms with Crippen LogP contribution in [-0.2, 0) is 20.9 Å². The Balaban J connectivity index is 1.44. The number of hydrogen-bond acceptors (Lipinski definition) is 9. The van der Waals surface area contributed by atoms with E-state index in [2.05, 4.69) is 29.2 Å². The monoisotopic (exact) mass is 607 g/mol. The van der Waals surface area contributed by atoms with Crippen LogP contribution in [-0.4, -0.2) is 52.5 Å². The standard InChI is InChI=1S/C30H29N3O5S3/c1-4-38-25(34)16-32-27(35)24(40-29(32)26-28(36)31(2)30(39)41-26)15-17-8-13-23-21(14-17)20-6-5-7-22(20)33(23)18-9-11-19(37-3)12-10-18/h8-15,20,22H,4-7,16H2,1-3H3/b24-15+,29-26+. The molecule has 1 aliphatic carbocycles. The second kappa shape index (κ2) is 11.1. The summed E-state index contributed by atoms with van der Waals surface area (Å²) in [7, 11) is 3.28. The fraction of sp³-hybridized carbons (Fsp3) is 0.333. The minimum Gasteiger partial charge on any atom is -0.497 e. The van der Waals surface area contributed by atoms with Gasteiger partial charge in [-0.15, -0.1) is 11.3 Å². The van der Waals surface area contributed by atoms with Gasteiger partial charge in [0.25, 0.3) is 11.5 Å². The minimum absolute atomic E-state index is 0.202. The summed E-state index contributed by atoms with van der Waals surface area (Å²) in [6, 6.07) is 14.9. The Morgan fingerprint density at radius 3 is 2.61 bits per heavy atom. The molecule has 1 amide bonds. The van der Waals surface area contributed by atoms with Crippen molar-refractivity contribution in [1.82, 2.24) is 9.47 Å². The topological polar surface area (TPSA) is 81.1 Å². The molecule has 2 unspecified atom stereocenters. The second-order valence-electron chi connectivity index (χ2n) is 10.2. The molecule has 6 rings (SSSR count). The highest BCUT2D eigenvalue weighted by Crippen LogP contribution is 2.52. The number of methoxy groups -OCH3 is 1. The van der Waals surface area contributed by atoms with E-state index in [1.165, 1.54) is 38.5 Å². The molecule has 1 saturated heterocycles. The highest BCUT2D eigenvalue weighted by atomic mass is 32.2. The van der Waals surface area contributed by atoms with E-state index in [0.717, 1.165) is 41.6 Å². The number of carbonyl (C=O) groups excluding carboxylic acids is 2. The van der Waals surface area contributed by atoms with Crippen LogP contribution in [0, 0.1) is 0 Å². The summed E-state index contributed by atoms with van der Waals surface area (Å²) in [5, 5.41) is 0. The molecule has 3 aliphatic rings. The van der Waals surface area contributed by atoms with E-state index in [-0.39, 0.29) is 24.6 Å². The number of nitrogens with zero attached hydrogens (tertiary/aromatic N) is 3. The van der Waals surface area contributed by atoms with Gasteiger partial charge in [0.1, 0.15) is 26.2 Å².